The summed E-state index contributed by atoms with van der Waals surface area (Å²) in [6, 6.07) is 7.22. The van der Waals surface area contributed by atoms with E-state index >= 15 is 0 Å². The maximum Gasteiger partial charge on any atom is 0.357 e. The summed E-state index contributed by atoms with van der Waals surface area (Å²) in [5.74, 6) is -0.904. The molecule has 3 rings (SSSR count). The summed E-state index contributed by atoms with van der Waals surface area (Å²) in [7, 11) is 0. The van der Waals surface area contributed by atoms with E-state index in [4.69, 9.17) is 16.3 Å². The van der Waals surface area contributed by atoms with Crippen LogP contribution in [-0.4, -0.2) is 28.5 Å². The minimum absolute atomic E-state index is 0.169. The monoisotopic (exact) mass is 393 g/mol. The number of hydrogen-bond acceptors (Lipinski definition) is 7. The maximum atomic E-state index is 12.3. The van der Waals surface area contributed by atoms with Crippen LogP contribution in [0.5, 0.6) is 0 Å². The Balaban J connectivity index is 1.70. The molecule has 0 radical (unpaired) electrons. The Labute approximate surface area is 156 Å². The summed E-state index contributed by atoms with van der Waals surface area (Å²) in [6.07, 6.45) is 0. The van der Waals surface area contributed by atoms with Gasteiger partial charge >= 0.3 is 5.97 Å². The highest BCUT2D eigenvalue weighted by molar-refractivity contribution is 7.14. The van der Waals surface area contributed by atoms with Crippen LogP contribution in [0.25, 0.3) is 10.6 Å². The lowest BCUT2D eigenvalue weighted by atomic mass is 10.2. The predicted octanol–water partition coefficient (Wildman–Crippen LogP) is 4.35. The smallest absolute Gasteiger partial charge is 0.357 e. The molecular weight excluding hydrogens is 382 g/mol. The van der Waals surface area contributed by atoms with Gasteiger partial charge in [0.25, 0.3) is 5.91 Å². The molecule has 0 saturated carbocycles. The molecule has 0 aliphatic rings. The van der Waals surface area contributed by atoms with E-state index in [0.29, 0.717) is 15.2 Å². The number of halogens is 1. The topological polar surface area (TPSA) is 81.2 Å². The fourth-order valence-electron chi connectivity index (χ4n) is 1.89. The number of aromatic nitrogens is 2. The van der Waals surface area contributed by atoms with Crippen molar-refractivity contribution in [2.24, 2.45) is 0 Å². The van der Waals surface area contributed by atoms with Gasteiger partial charge in [0, 0.05) is 21.3 Å². The van der Waals surface area contributed by atoms with Crippen LogP contribution in [0.2, 0.25) is 5.02 Å². The number of rotatable bonds is 5. The molecule has 0 unspecified atom stereocenters. The molecule has 2 aromatic heterocycles. The number of nitrogens with one attached hydrogen (secondary N) is 1. The fraction of sp³-hybridized carbons (Fsp3) is 0.125. The van der Waals surface area contributed by atoms with Gasteiger partial charge in [-0.1, -0.05) is 23.7 Å². The molecule has 0 atom stereocenters. The molecule has 0 aliphatic carbocycles. The number of amides is 1. The highest BCUT2D eigenvalue weighted by Gasteiger charge is 2.16. The van der Waals surface area contributed by atoms with Gasteiger partial charge < -0.3 is 4.74 Å². The van der Waals surface area contributed by atoms with Gasteiger partial charge in [0.05, 0.1) is 6.61 Å². The van der Waals surface area contributed by atoms with Crippen LogP contribution in [0.1, 0.15) is 27.9 Å². The zero-order valence-electron chi connectivity index (χ0n) is 13.0. The predicted molar refractivity (Wildman–Crippen MR) is 98.6 cm³/mol. The number of benzene rings is 1. The van der Waals surface area contributed by atoms with Crippen LogP contribution in [0.3, 0.4) is 0 Å². The Kier molecular flexibility index (Phi) is 5.42. The van der Waals surface area contributed by atoms with Crippen molar-refractivity contribution < 1.29 is 14.3 Å². The van der Waals surface area contributed by atoms with E-state index in [1.807, 2.05) is 12.1 Å². The normalized spacial score (nSPS) is 10.5. The number of ether oxygens (including phenoxy) is 1. The quantitative estimate of drug-likeness (QED) is 0.652. The van der Waals surface area contributed by atoms with Crippen molar-refractivity contribution in [2.75, 3.05) is 11.9 Å². The average molecular weight is 394 g/mol. The van der Waals surface area contributed by atoms with Crippen molar-refractivity contribution >= 4 is 51.3 Å². The van der Waals surface area contributed by atoms with E-state index in [2.05, 4.69) is 15.3 Å². The van der Waals surface area contributed by atoms with Gasteiger partial charge in [0.2, 0.25) is 0 Å². The highest BCUT2D eigenvalue weighted by atomic mass is 35.5. The molecule has 25 heavy (non-hydrogen) atoms. The number of esters is 1. The molecule has 0 fully saturated rings. The first kappa shape index (κ1) is 17.5. The lowest BCUT2D eigenvalue weighted by Gasteiger charge is -1.99. The van der Waals surface area contributed by atoms with Crippen molar-refractivity contribution in [3.63, 3.8) is 0 Å². The maximum absolute atomic E-state index is 12.3. The number of nitrogens with zero attached hydrogens (tertiary/aromatic N) is 2. The molecule has 6 nitrogen and oxygen atoms in total. The minimum Gasteiger partial charge on any atom is -0.461 e. The lowest BCUT2D eigenvalue weighted by Crippen LogP contribution is -2.12. The summed E-state index contributed by atoms with van der Waals surface area (Å²) in [4.78, 5) is 32.2. The Morgan fingerprint density at radius 1 is 1.12 bits per heavy atom. The average Bonchev–Trinajstić information content (AvgIpc) is 3.25. The first-order valence-corrected chi connectivity index (χ1v) is 9.36. The molecule has 1 amide bonds. The summed E-state index contributed by atoms with van der Waals surface area (Å²) >= 11 is 8.38. The number of thiazole rings is 2. The number of carbonyl (C=O) groups excluding carboxylic acids is 2. The largest absolute Gasteiger partial charge is 0.461 e. The molecule has 0 aliphatic heterocycles. The van der Waals surface area contributed by atoms with Crippen molar-refractivity contribution in [2.45, 2.75) is 6.92 Å². The molecule has 128 valence electrons. The van der Waals surface area contributed by atoms with Gasteiger partial charge in [0.15, 0.2) is 10.8 Å². The van der Waals surface area contributed by atoms with Crippen molar-refractivity contribution in [3.8, 4) is 10.6 Å². The molecule has 0 bridgehead atoms. The summed E-state index contributed by atoms with van der Waals surface area (Å²) < 4.78 is 4.86. The van der Waals surface area contributed by atoms with Crippen LogP contribution < -0.4 is 5.32 Å². The van der Waals surface area contributed by atoms with Gasteiger partial charge in [0.1, 0.15) is 10.7 Å². The first-order chi connectivity index (χ1) is 12.1. The third-order valence-electron chi connectivity index (χ3n) is 3.04. The Hall–Kier alpha value is -2.29. The second-order valence-corrected chi connectivity index (χ2v) is 6.91. The van der Waals surface area contributed by atoms with Crippen LogP contribution in [-0.2, 0) is 4.74 Å². The second-order valence-electron chi connectivity index (χ2n) is 4.76. The molecule has 1 N–H and O–H groups in total. The standard InChI is InChI=1S/C16H12ClN3O3S2/c1-2-23-15(22)12-8-25-16(19-12)20-13(21)11-7-24-14(18-11)9-3-5-10(17)6-4-9/h3-8H,2H2,1H3,(H,19,20,21). The second kappa shape index (κ2) is 7.73. The van der Waals surface area contributed by atoms with Crippen molar-refractivity contribution in [1.29, 1.82) is 0 Å². The minimum atomic E-state index is -0.516. The van der Waals surface area contributed by atoms with Crippen molar-refractivity contribution in [3.05, 3.63) is 51.4 Å². The molecule has 0 spiro atoms. The fourth-order valence-corrected chi connectivity index (χ4v) is 3.50. The van der Waals surface area contributed by atoms with Crippen LogP contribution >= 0.6 is 34.3 Å². The van der Waals surface area contributed by atoms with E-state index in [1.165, 1.54) is 16.7 Å². The van der Waals surface area contributed by atoms with E-state index in [-0.39, 0.29) is 23.9 Å². The van der Waals surface area contributed by atoms with Crippen LogP contribution in [0.15, 0.2) is 35.0 Å². The van der Waals surface area contributed by atoms with Gasteiger partial charge in [-0.25, -0.2) is 14.8 Å². The van der Waals surface area contributed by atoms with Crippen LogP contribution in [0, 0.1) is 0 Å². The van der Waals surface area contributed by atoms with Gasteiger partial charge in [-0.15, -0.1) is 22.7 Å². The molecule has 2 heterocycles. The number of anilines is 1. The first-order valence-electron chi connectivity index (χ1n) is 7.22. The highest BCUT2D eigenvalue weighted by Crippen LogP contribution is 2.25. The molecule has 1 aromatic carbocycles. The molecule has 9 heteroatoms. The number of hydrogen-bond donors (Lipinski definition) is 1. The van der Waals surface area contributed by atoms with E-state index in [1.54, 1.807) is 24.4 Å². The van der Waals surface area contributed by atoms with Gasteiger partial charge in [-0.2, -0.15) is 0 Å². The van der Waals surface area contributed by atoms with Crippen LogP contribution in [0.4, 0.5) is 5.13 Å². The molecule has 3 aromatic rings. The summed E-state index contributed by atoms with van der Waals surface area (Å²) in [5, 5.41) is 7.50. The van der Waals surface area contributed by atoms with E-state index < -0.39 is 5.97 Å². The Bertz CT molecular complexity index is 906. The molecular formula is C16H12ClN3O3S2. The van der Waals surface area contributed by atoms with Gasteiger partial charge in [-0.05, 0) is 19.1 Å². The van der Waals surface area contributed by atoms with E-state index in [9.17, 15) is 9.59 Å². The zero-order chi connectivity index (χ0) is 17.8. The third kappa shape index (κ3) is 4.22. The van der Waals surface area contributed by atoms with E-state index in [0.717, 1.165) is 16.9 Å². The number of carbonyl (C=O) groups is 2. The zero-order valence-corrected chi connectivity index (χ0v) is 15.4. The third-order valence-corrected chi connectivity index (χ3v) is 4.94. The lowest BCUT2D eigenvalue weighted by molar-refractivity contribution is 0.0520. The summed E-state index contributed by atoms with van der Waals surface area (Å²) in [5.41, 5.74) is 1.33. The van der Waals surface area contributed by atoms with Crippen molar-refractivity contribution in [1.82, 2.24) is 9.97 Å². The Morgan fingerprint density at radius 2 is 1.84 bits per heavy atom. The van der Waals surface area contributed by atoms with Gasteiger partial charge in [-0.3, -0.25) is 10.1 Å². The SMILES string of the molecule is CCOC(=O)c1csc(NC(=O)c2csc(-c3ccc(Cl)cc3)n2)n1. The Morgan fingerprint density at radius 3 is 2.56 bits per heavy atom. The summed E-state index contributed by atoms with van der Waals surface area (Å²) in [6.45, 7) is 1.98. The molecule has 0 saturated heterocycles.